The van der Waals surface area contributed by atoms with E-state index in [1.54, 1.807) is 0 Å². The maximum Gasteiger partial charge on any atom is 0.230 e. The smallest absolute Gasteiger partial charge is 0.230 e. The van der Waals surface area contributed by atoms with E-state index in [1.807, 2.05) is 47.4 Å². The lowest BCUT2D eigenvalue weighted by Crippen LogP contribution is -2.50. The van der Waals surface area contributed by atoms with Crippen LogP contribution < -0.4 is 0 Å². The minimum Gasteiger partial charge on any atom is -0.394 e. The van der Waals surface area contributed by atoms with E-state index >= 15 is 0 Å². The molecule has 1 aliphatic rings. The first-order valence-corrected chi connectivity index (χ1v) is 7.87. The quantitative estimate of drug-likeness (QED) is 0.783. The average Bonchev–Trinajstić information content (AvgIpc) is 2.54. The van der Waals surface area contributed by atoms with Crippen LogP contribution in [0.2, 0.25) is 0 Å². The zero-order valence-corrected chi connectivity index (χ0v) is 13.1. The number of likely N-dealkylation sites (tertiary alicyclic amines) is 1. The maximum absolute atomic E-state index is 13.1. The molecule has 0 unspecified atom stereocenters. The van der Waals surface area contributed by atoms with Gasteiger partial charge in [0.15, 0.2) is 0 Å². The summed E-state index contributed by atoms with van der Waals surface area (Å²) in [6, 6.07) is 9.47. The lowest BCUT2D eigenvalue weighted by Gasteiger charge is -2.44. The Morgan fingerprint density at radius 1 is 1.23 bits per heavy atom. The molecule has 1 saturated heterocycles. The van der Waals surface area contributed by atoms with Gasteiger partial charge in [0, 0.05) is 6.54 Å². The minimum absolute atomic E-state index is 0.0615. The lowest BCUT2D eigenvalue weighted by atomic mass is 9.73. The van der Waals surface area contributed by atoms with Gasteiger partial charge in [0.05, 0.1) is 18.1 Å². The SMILES string of the molecule is C=CCC1(CC=C)CCCN([C@H](CO)c2ccccc2)C1=O. The molecule has 0 saturated carbocycles. The number of hydrogen-bond acceptors (Lipinski definition) is 2. The fraction of sp³-hybridized carbons (Fsp3) is 0.421. The number of rotatable bonds is 7. The molecule has 0 bridgehead atoms. The second-order valence-electron chi connectivity index (χ2n) is 5.98. The average molecular weight is 299 g/mol. The minimum atomic E-state index is -0.441. The van der Waals surface area contributed by atoms with Crippen LogP contribution >= 0.6 is 0 Å². The van der Waals surface area contributed by atoms with Crippen molar-refractivity contribution in [1.82, 2.24) is 4.90 Å². The summed E-state index contributed by atoms with van der Waals surface area (Å²) in [5, 5.41) is 9.85. The summed E-state index contributed by atoms with van der Waals surface area (Å²) in [6.07, 6.45) is 6.75. The van der Waals surface area contributed by atoms with Crippen molar-refractivity contribution < 1.29 is 9.90 Å². The Labute approximate surface area is 133 Å². The van der Waals surface area contributed by atoms with E-state index < -0.39 is 5.41 Å². The molecule has 2 rings (SSSR count). The largest absolute Gasteiger partial charge is 0.394 e. The van der Waals surface area contributed by atoms with Gasteiger partial charge in [-0.1, -0.05) is 42.5 Å². The Morgan fingerprint density at radius 3 is 2.41 bits per heavy atom. The number of aliphatic hydroxyl groups is 1. The van der Waals surface area contributed by atoms with E-state index in [-0.39, 0.29) is 18.6 Å². The lowest BCUT2D eigenvalue weighted by molar-refractivity contribution is -0.150. The molecule has 3 nitrogen and oxygen atoms in total. The van der Waals surface area contributed by atoms with Crippen LogP contribution in [0.4, 0.5) is 0 Å². The molecule has 3 heteroatoms. The first-order valence-electron chi connectivity index (χ1n) is 7.87. The predicted molar refractivity (Wildman–Crippen MR) is 89.3 cm³/mol. The van der Waals surface area contributed by atoms with Gasteiger partial charge >= 0.3 is 0 Å². The number of piperidine rings is 1. The van der Waals surface area contributed by atoms with Crippen LogP contribution in [0.15, 0.2) is 55.6 Å². The van der Waals surface area contributed by atoms with Crippen LogP contribution in [0.25, 0.3) is 0 Å². The van der Waals surface area contributed by atoms with E-state index in [2.05, 4.69) is 13.2 Å². The fourth-order valence-electron chi connectivity index (χ4n) is 3.47. The highest BCUT2D eigenvalue weighted by atomic mass is 16.3. The van der Waals surface area contributed by atoms with Crippen molar-refractivity contribution in [3.8, 4) is 0 Å². The molecule has 0 aromatic heterocycles. The predicted octanol–water partition coefficient (Wildman–Crippen LogP) is 3.48. The summed E-state index contributed by atoms with van der Waals surface area (Å²) in [4.78, 5) is 15.0. The summed E-state index contributed by atoms with van der Waals surface area (Å²) in [6.45, 7) is 8.25. The zero-order valence-electron chi connectivity index (χ0n) is 13.1. The van der Waals surface area contributed by atoms with Gasteiger partial charge in [-0.25, -0.2) is 0 Å². The molecule has 0 radical (unpaired) electrons. The molecule has 118 valence electrons. The summed E-state index contributed by atoms with van der Waals surface area (Å²) >= 11 is 0. The topological polar surface area (TPSA) is 40.5 Å². The highest BCUT2D eigenvalue weighted by Gasteiger charge is 2.44. The Morgan fingerprint density at radius 2 is 1.86 bits per heavy atom. The summed E-state index contributed by atoms with van der Waals surface area (Å²) in [7, 11) is 0. The molecule has 0 spiro atoms. The van der Waals surface area contributed by atoms with Gasteiger partial charge in [-0.3, -0.25) is 4.79 Å². The molecule has 1 atom stereocenters. The molecule has 1 aromatic carbocycles. The van der Waals surface area contributed by atoms with E-state index in [4.69, 9.17) is 0 Å². The molecule has 1 aromatic rings. The summed E-state index contributed by atoms with van der Waals surface area (Å²) in [5.41, 5.74) is 0.538. The molecular formula is C19H25NO2. The third kappa shape index (κ3) is 3.14. The van der Waals surface area contributed by atoms with Crippen molar-refractivity contribution in [2.24, 2.45) is 5.41 Å². The van der Waals surface area contributed by atoms with Crippen molar-refractivity contribution in [2.45, 2.75) is 31.7 Å². The Balaban J connectivity index is 2.31. The van der Waals surface area contributed by atoms with Gasteiger partial charge in [-0.05, 0) is 31.2 Å². The highest BCUT2D eigenvalue weighted by Crippen LogP contribution is 2.41. The van der Waals surface area contributed by atoms with Gasteiger partial charge in [0.1, 0.15) is 0 Å². The normalized spacial score (nSPS) is 18.8. The maximum atomic E-state index is 13.1. The second-order valence-corrected chi connectivity index (χ2v) is 5.98. The Kier molecular flexibility index (Phi) is 5.56. The van der Waals surface area contributed by atoms with Crippen LogP contribution in [0.1, 0.15) is 37.3 Å². The van der Waals surface area contributed by atoms with E-state index in [0.717, 1.165) is 18.4 Å². The summed E-state index contributed by atoms with van der Waals surface area (Å²) in [5.74, 6) is 0.112. The van der Waals surface area contributed by atoms with Gasteiger partial charge < -0.3 is 10.0 Å². The third-order valence-corrected chi connectivity index (χ3v) is 4.57. The molecule has 1 N–H and O–H groups in total. The van der Waals surface area contributed by atoms with Gasteiger partial charge in [-0.2, -0.15) is 0 Å². The van der Waals surface area contributed by atoms with E-state index in [9.17, 15) is 9.90 Å². The second kappa shape index (κ2) is 7.41. The van der Waals surface area contributed by atoms with Crippen molar-refractivity contribution in [3.05, 3.63) is 61.2 Å². The first-order chi connectivity index (χ1) is 10.7. The fourth-order valence-corrected chi connectivity index (χ4v) is 3.47. The van der Waals surface area contributed by atoms with Crippen LogP contribution in [0.5, 0.6) is 0 Å². The van der Waals surface area contributed by atoms with Crippen LogP contribution in [0.3, 0.4) is 0 Å². The monoisotopic (exact) mass is 299 g/mol. The number of allylic oxidation sites excluding steroid dienone is 2. The molecule has 1 aliphatic heterocycles. The van der Waals surface area contributed by atoms with Crippen LogP contribution in [0, 0.1) is 5.41 Å². The van der Waals surface area contributed by atoms with Crippen molar-refractivity contribution >= 4 is 5.91 Å². The van der Waals surface area contributed by atoms with Gasteiger partial charge in [0.25, 0.3) is 0 Å². The van der Waals surface area contributed by atoms with Gasteiger partial charge in [-0.15, -0.1) is 13.2 Å². The number of amides is 1. The molecule has 0 aliphatic carbocycles. The number of benzene rings is 1. The van der Waals surface area contributed by atoms with Crippen LogP contribution in [-0.4, -0.2) is 29.1 Å². The number of carbonyl (C=O) groups excluding carboxylic acids is 1. The zero-order chi connectivity index (χ0) is 16.0. The van der Waals surface area contributed by atoms with E-state index in [0.29, 0.717) is 19.4 Å². The third-order valence-electron chi connectivity index (χ3n) is 4.57. The van der Waals surface area contributed by atoms with Crippen LogP contribution in [-0.2, 0) is 4.79 Å². The Hall–Kier alpha value is -1.87. The van der Waals surface area contributed by atoms with Gasteiger partial charge in [0.2, 0.25) is 5.91 Å². The summed E-state index contributed by atoms with van der Waals surface area (Å²) < 4.78 is 0. The first kappa shape index (κ1) is 16.5. The number of hydrogen-bond donors (Lipinski definition) is 1. The molecule has 1 heterocycles. The molecule has 1 fully saturated rings. The standard InChI is InChI=1S/C19H25NO2/c1-3-11-19(12-4-2)13-8-14-20(18(19)22)17(15-21)16-9-6-5-7-10-16/h3-7,9-10,17,21H,1-2,8,11-15H2/t17-/m1/s1. The number of carbonyl (C=O) groups is 1. The molecule has 22 heavy (non-hydrogen) atoms. The number of aliphatic hydroxyl groups excluding tert-OH is 1. The highest BCUT2D eigenvalue weighted by molar-refractivity contribution is 5.84. The number of nitrogens with zero attached hydrogens (tertiary/aromatic N) is 1. The molecular weight excluding hydrogens is 274 g/mol. The van der Waals surface area contributed by atoms with Crippen molar-refractivity contribution in [2.75, 3.05) is 13.2 Å². The molecule has 1 amide bonds. The van der Waals surface area contributed by atoms with Crippen molar-refractivity contribution in [3.63, 3.8) is 0 Å². The van der Waals surface area contributed by atoms with E-state index in [1.165, 1.54) is 0 Å². The van der Waals surface area contributed by atoms with Crippen molar-refractivity contribution in [1.29, 1.82) is 0 Å². The Bertz CT molecular complexity index is 513.